The quantitative estimate of drug-likeness (QED) is 0.845. The fraction of sp³-hybridized carbons (Fsp3) is 0.556. The van der Waals surface area contributed by atoms with Crippen molar-refractivity contribution in [3.8, 4) is 5.75 Å². The van der Waals surface area contributed by atoms with Gasteiger partial charge in [-0.2, -0.15) is 0 Å². The van der Waals surface area contributed by atoms with Gasteiger partial charge >= 0.3 is 0 Å². The van der Waals surface area contributed by atoms with E-state index in [-0.39, 0.29) is 0 Å². The first-order valence-corrected chi connectivity index (χ1v) is 8.06. The van der Waals surface area contributed by atoms with E-state index in [1.807, 2.05) is 6.92 Å². The molecule has 1 aromatic heterocycles. The van der Waals surface area contributed by atoms with Gasteiger partial charge in [0.15, 0.2) is 0 Å². The van der Waals surface area contributed by atoms with Crippen molar-refractivity contribution in [1.29, 1.82) is 0 Å². The number of benzene rings is 1. The Morgan fingerprint density at radius 2 is 2.05 bits per heavy atom. The Kier molecular flexibility index (Phi) is 2.80. The van der Waals surface area contributed by atoms with Crippen molar-refractivity contribution in [2.24, 2.45) is 5.41 Å². The molecular formula is C18H23NO. The van der Waals surface area contributed by atoms with Crippen molar-refractivity contribution in [3.63, 3.8) is 0 Å². The van der Waals surface area contributed by atoms with E-state index in [1.54, 1.807) is 5.56 Å². The third-order valence-corrected chi connectivity index (χ3v) is 5.40. The molecule has 0 bridgehead atoms. The summed E-state index contributed by atoms with van der Waals surface area (Å²) in [7, 11) is 0. The van der Waals surface area contributed by atoms with Crippen LogP contribution in [-0.2, 0) is 12.8 Å². The number of hydrogen-bond donors (Lipinski definition) is 1. The van der Waals surface area contributed by atoms with Gasteiger partial charge in [0.1, 0.15) is 5.75 Å². The van der Waals surface area contributed by atoms with Crippen molar-refractivity contribution in [3.05, 3.63) is 29.5 Å². The van der Waals surface area contributed by atoms with Crippen LogP contribution in [0.2, 0.25) is 0 Å². The summed E-state index contributed by atoms with van der Waals surface area (Å²) >= 11 is 0. The molecule has 2 heteroatoms. The molecule has 0 unspecified atom stereocenters. The Labute approximate surface area is 120 Å². The lowest BCUT2D eigenvalue weighted by Gasteiger charge is -2.33. The number of aromatic nitrogens is 1. The van der Waals surface area contributed by atoms with Crippen LogP contribution >= 0.6 is 0 Å². The number of rotatable bonds is 2. The Balaban J connectivity index is 1.78. The normalized spacial score (nSPS) is 20.4. The van der Waals surface area contributed by atoms with Crippen molar-refractivity contribution in [2.75, 3.05) is 6.61 Å². The number of ether oxygens (including phenoxy) is 1. The van der Waals surface area contributed by atoms with Gasteiger partial charge in [0, 0.05) is 16.6 Å². The molecule has 0 saturated heterocycles. The summed E-state index contributed by atoms with van der Waals surface area (Å²) in [6.45, 7) is 2.78. The average molecular weight is 269 g/mol. The topological polar surface area (TPSA) is 25.0 Å². The second-order valence-electron chi connectivity index (χ2n) is 6.61. The summed E-state index contributed by atoms with van der Waals surface area (Å²) in [4.78, 5) is 3.64. The SMILES string of the molecule is CCOc1ccc2[nH]c3c(c2c1)CC1(CCCC1)CC3. The molecule has 1 aromatic carbocycles. The highest BCUT2D eigenvalue weighted by Crippen LogP contribution is 2.49. The van der Waals surface area contributed by atoms with E-state index in [4.69, 9.17) is 4.74 Å². The molecule has 2 nitrogen and oxygen atoms in total. The number of fused-ring (bicyclic) bond motifs is 3. The highest BCUT2D eigenvalue weighted by Gasteiger charge is 2.38. The highest BCUT2D eigenvalue weighted by atomic mass is 16.5. The van der Waals surface area contributed by atoms with E-state index in [1.165, 1.54) is 61.5 Å². The molecule has 2 aliphatic rings. The van der Waals surface area contributed by atoms with E-state index in [9.17, 15) is 0 Å². The molecule has 0 atom stereocenters. The van der Waals surface area contributed by atoms with Crippen molar-refractivity contribution in [1.82, 2.24) is 4.98 Å². The summed E-state index contributed by atoms with van der Waals surface area (Å²) in [6, 6.07) is 6.50. The van der Waals surface area contributed by atoms with E-state index < -0.39 is 0 Å². The Hall–Kier alpha value is -1.44. The number of aryl methyl sites for hydroxylation is 1. The molecular weight excluding hydrogens is 246 g/mol. The second-order valence-corrected chi connectivity index (χ2v) is 6.61. The van der Waals surface area contributed by atoms with E-state index in [2.05, 4.69) is 23.2 Å². The highest BCUT2D eigenvalue weighted by molar-refractivity contribution is 5.86. The molecule has 1 N–H and O–H groups in total. The van der Waals surface area contributed by atoms with Crippen LogP contribution in [0.4, 0.5) is 0 Å². The lowest BCUT2D eigenvalue weighted by atomic mass is 9.72. The van der Waals surface area contributed by atoms with Gasteiger partial charge in [-0.3, -0.25) is 0 Å². The number of nitrogens with one attached hydrogen (secondary N) is 1. The third kappa shape index (κ3) is 1.85. The van der Waals surface area contributed by atoms with E-state index >= 15 is 0 Å². The first-order chi connectivity index (χ1) is 9.80. The molecule has 0 amide bonds. The molecule has 2 aromatic rings. The predicted octanol–water partition coefficient (Wildman–Crippen LogP) is 4.62. The zero-order valence-corrected chi connectivity index (χ0v) is 12.3. The van der Waals surface area contributed by atoms with Gasteiger partial charge in [-0.25, -0.2) is 0 Å². The number of H-pyrrole nitrogens is 1. The average Bonchev–Trinajstić information content (AvgIpc) is 3.05. The Morgan fingerprint density at radius 1 is 1.20 bits per heavy atom. The lowest BCUT2D eigenvalue weighted by molar-refractivity contribution is 0.255. The van der Waals surface area contributed by atoms with E-state index in [0.717, 1.165) is 12.4 Å². The zero-order chi connectivity index (χ0) is 13.6. The molecule has 1 saturated carbocycles. The van der Waals surface area contributed by atoms with Gasteiger partial charge in [0.25, 0.3) is 0 Å². The summed E-state index contributed by atoms with van der Waals surface area (Å²) in [6.07, 6.45) is 9.62. The molecule has 1 heterocycles. The van der Waals surface area contributed by atoms with Crippen LogP contribution in [0.15, 0.2) is 18.2 Å². The fourth-order valence-corrected chi connectivity index (χ4v) is 4.36. The largest absolute Gasteiger partial charge is 0.494 e. The molecule has 0 aliphatic heterocycles. The van der Waals surface area contributed by atoms with Gasteiger partial charge < -0.3 is 9.72 Å². The van der Waals surface area contributed by atoms with Gasteiger partial charge in [0.2, 0.25) is 0 Å². The maximum atomic E-state index is 5.68. The summed E-state index contributed by atoms with van der Waals surface area (Å²) < 4.78 is 5.68. The fourth-order valence-electron chi connectivity index (χ4n) is 4.36. The monoisotopic (exact) mass is 269 g/mol. The van der Waals surface area contributed by atoms with Crippen LogP contribution in [0.5, 0.6) is 5.75 Å². The minimum atomic E-state index is 0.615. The Bertz CT molecular complexity index is 634. The molecule has 2 aliphatic carbocycles. The first kappa shape index (κ1) is 12.3. The molecule has 1 fully saturated rings. The van der Waals surface area contributed by atoms with Crippen LogP contribution in [0.1, 0.15) is 50.3 Å². The van der Waals surface area contributed by atoms with Gasteiger partial charge in [-0.15, -0.1) is 0 Å². The van der Waals surface area contributed by atoms with Crippen LogP contribution in [-0.4, -0.2) is 11.6 Å². The van der Waals surface area contributed by atoms with Crippen molar-refractivity contribution >= 4 is 10.9 Å². The molecule has 1 spiro atoms. The second kappa shape index (κ2) is 4.54. The van der Waals surface area contributed by atoms with Crippen LogP contribution in [0.25, 0.3) is 10.9 Å². The minimum Gasteiger partial charge on any atom is -0.494 e. The standard InChI is InChI=1S/C18H23NO/c1-2-20-13-5-6-16-14(11-13)15-12-18(8-3-4-9-18)10-7-17(15)19-16/h5-6,11,19H,2-4,7-10,12H2,1H3. The molecule has 4 rings (SSSR count). The summed E-state index contributed by atoms with van der Waals surface area (Å²) in [5.74, 6) is 1.01. The predicted molar refractivity (Wildman–Crippen MR) is 82.4 cm³/mol. The van der Waals surface area contributed by atoms with Gasteiger partial charge in [-0.05, 0) is 68.2 Å². The van der Waals surface area contributed by atoms with Gasteiger partial charge in [0.05, 0.1) is 6.61 Å². The van der Waals surface area contributed by atoms with Gasteiger partial charge in [-0.1, -0.05) is 12.8 Å². The maximum absolute atomic E-state index is 5.68. The van der Waals surface area contributed by atoms with Crippen molar-refractivity contribution in [2.45, 2.75) is 51.9 Å². The summed E-state index contributed by atoms with van der Waals surface area (Å²) in [5.41, 5.74) is 4.96. The summed E-state index contributed by atoms with van der Waals surface area (Å²) in [5, 5.41) is 1.40. The number of hydrogen-bond acceptors (Lipinski definition) is 1. The molecule has 20 heavy (non-hydrogen) atoms. The first-order valence-electron chi connectivity index (χ1n) is 8.06. The molecule has 0 radical (unpaired) electrons. The van der Waals surface area contributed by atoms with Crippen LogP contribution < -0.4 is 4.74 Å². The Morgan fingerprint density at radius 3 is 2.85 bits per heavy atom. The zero-order valence-electron chi connectivity index (χ0n) is 12.3. The van der Waals surface area contributed by atoms with Crippen molar-refractivity contribution < 1.29 is 4.74 Å². The number of aromatic amines is 1. The lowest BCUT2D eigenvalue weighted by Crippen LogP contribution is -2.25. The minimum absolute atomic E-state index is 0.615. The smallest absolute Gasteiger partial charge is 0.120 e. The van der Waals surface area contributed by atoms with Crippen LogP contribution in [0, 0.1) is 5.41 Å². The van der Waals surface area contributed by atoms with Crippen LogP contribution in [0.3, 0.4) is 0 Å². The maximum Gasteiger partial charge on any atom is 0.120 e. The molecule has 106 valence electrons. The van der Waals surface area contributed by atoms with E-state index in [0.29, 0.717) is 5.41 Å². The third-order valence-electron chi connectivity index (χ3n) is 5.40.